The SMILES string of the molecule is CC(C)OCCNC(=O)c1cccc(-c2ccccc2)c1. The number of hydrogen-bond donors (Lipinski definition) is 1. The molecule has 0 heterocycles. The highest BCUT2D eigenvalue weighted by Gasteiger charge is 2.06. The highest BCUT2D eigenvalue weighted by molar-refractivity contribution is 5.95. The molecular formula is C18H21NO2. The van der Waals surface area contributed by atoms with E-state index >= 15 is 0 Å². The second-order valence-corrected chi connectivity index (χ2v) is 5.12. The van der Waals surface area contributed by atoms with E-state index in [1.165, 1.54) is 0 Å². The third kappa shape index (κ3) is 4.72. The van der Waals surface area contributed by atoms with Crippen molar-refractivity contribution in [1.29, 1.82) is 0 Å². The van der Waals surface area contributed by atoms with Crippen LogP contribution in [-0.4, -0.2) is 25.2 Å². The minimum Gasteiger partial charge on any atom is -0.377 e. The number of carbonyl (C=O) groups excluding carboxylic acids is 1. The van der Waals surface area contributed by atoms with Gasteiger partial charge in [-0.3, -0.25) is 4.79 Å². The summed E-state index contributed by atoms with van der Waals surface area (Å²) in [6.45, 7) is 5.00. The zero-order valence-corrected chi connectivity index (χ0v) is 12.5. The Morgan fingerprint density at radius 2 is 1.76 bits per heavy atom. The second kappa shape index (κ2) is 7.60. The van der Waals surface area contributed by atoms with Crippen molar-refractivity contribution in [1.82, 2.24) is 5.32 Å². The van der Waals surface area contributed by atoms with Crippen molar-refractivity contribution in [2.75, 3.05) is 13.2 Å². The molecule has 3 heteroatoms. The van der Waals surface area contributed by atoms with Crippen LogP contribution in [0, 0.1) is 0 Å². The van der Waals surface area contributed by atoms with Crippen molar-refractivity contribution in [3.05, 3.63) is 60.2 Å². The standard InChI is InChI=1S/C18H21NO2/c1-14(2)21-12-11-19-18(20)17-10-6-9-16(13-17)15-7-4-3-5-8-15/h3-10,13-14H,11-12H2,1-2H3,(H,19,20). The van der Waals surface area contributed by atoms with Gasteiger partial charge in [0, 0.05) is 12.1 Å². The molecule has 2 aromatic rings. The molecule has 0 aliphatic rings. The van der Waals surface area contributed by atoms with Gasteiger partial charge in [0.1, 0.15) is 0 Å². The first kappa shape index (κ1) is 15.3. The van der Waals surface area contributed by atoms with E-state index in [0.717, 1.165) is 11.1 Å². The lowest BCUT2D eigenvalue weighted by molar-refractivity contribution is 0.0746. The molecule has 0 aliphatic carbocycles. The van der Waals surface area contributed by atoms with Crippen LogP contribution in [-0.2, 0) is 4.74 Å². The van der Waals surface area contributed by atoms with Crippen molar-refractivity contribution >= 4 is 5.91 Å². The molecule has 0 saturated heterocycles. The summed E-state index contributed by atoms with van der Waals surface area (Å²) in [6.07, 6.45) is 0.184. The summed E-state index contributed by atoms with van der Waals surface area (Å²) in [7, 11) is 0. The fourth-order valence-corrected chi connectivity index (χ4v) is 2.03. The third-order valence-corrected chi connectivity index (χ3v) is 3.07. The molecule has 0 bridgehead atoms. The minimum atomic E-state index is -0.0693. The Kier molecular flexibility index (Phi) is 5.52. The molecule has 0 unspecified atom stereocenters. The van der Waals surface area contributed by atoms with E-state index in [2.05, 4.69) is 5.32 Å². The number of rotatable bonds is 6. The quantitative estimate of drug-likeness (QED) is 0.824. The van der Waals surface area contributed by atoms with Gasteiger partial charge in [0.05, 0.1) is 12.7 Å². The summed E-state index contributed by atoms with van der Waals surface area (Å²) in [5, 5.41) is 2.87. The van der Waals surface area contributed by atoms with Crippen LogP contribution in [0.1, 0.15) is 24.2 Å². The molecular weight excluding hydrogens is 262 g/mol. The van der Waals surface area contributed by atoms with E-state index in [4.69, 9.17) is 4.74 Å². The number of hydrogen-bond acceptors (Lipinski definition) is 2. The molecule has 0 spiro atoms. The highest BCUT2D eigenvalue weighted by Crippen LogP contribution is 2.19. The Balaban J connectivity index is 1.99. The molecule has 0 aliphatic heterocycles. The smallest absolute Gasteiger partial charge is 0.251 e. The van der Waals surface area contributed by atoms with Crippen LogP contribution in [0.4, 0.5) is 0 Å². The lowest BCUT2D eigenvalue weighted by Crippen LogP contribution is -2.28. The van der Waals surface area contributed by atoms with Crippen LogP contribution in [0.3, 0.4) is 0 Å². The molecule has 2 rings (SSSR count). The van der Waals surface area contributed by atoms with Gasteiger partial charge >= 0.3 is 0 Å². The Bertz CT molecular complexity index is 579. The molecule has 0 atom stereocenters. The fraction of sp³-hybridized carbons (Fsp3) is 0.278. The van der Waals surface area contributed by atoms with Crippen molar-refractivity contribution in [2.24, 2.45) is 0 Å². The Hall–Kier alpha value is -2.13. The van der Waals surface area contributed by atoms with Gasteiger partial charge in [0.25, 0.3) is 5.91 Å². The third-order valence-electron chi connectivity index (χ3n) is 3.07. The van der Waals surface area contributed by atoms with Crippen LogP contribution in [0.15, 0.2) is 54.6 Å². The molecule has 21 heavy (non-hydrogen) atoms. The van der Waals surface area contributed by atoms with Crippen molar-refractivity contribution in [3.8, 4) is 11.1 Å². The average Bonchev–Trinajstić information content (AvgIpc) is 2.52. The number of amides is 1. The molecule has 0 saturated carbocycles. The van der Waals surface area contributed by atoms with Gasteiger partial charge in [-0.25, -0.2) is 0 Å². The minimum absolute atomic E-state index is 0.0693. The van der Waals surface area contributed by atoms with E-state index in [-0.39, 0.29) is 12.0 Å². The van der Waals surface area contributed by atoms with E-state index in [0.29, 0.717) is 18.7 Å². The van der Waals surface area contributed by atoms with E-state index in [9.17, 15) is 4.79 Å². The average molecular weight is 283 g/mol. The first-order valence-corrected chi connectivity index (χ1v) is 7.22. The largest absolute Gasteiger partial charge is 0.377 e. The Labute approximate surface area is 126 Å². The Morgan fingerprint density at radius 1 is 1.05 bits per heavy atom. The van der Waals surface area contributed by atoms with Crippen molar-refractivity contribution in [2.45, 2.75) is 20.0 Å². The number of carbonyl (C=O) groups is 1. The van der Waals surface area contributed by atoms with Gasteiger partial charge in [-0.1, -0.05) is 42.5 Å². The van der Waals surface area contributed by atoms with Gasteiger partial charge in [0.15, 0.2) is 0 Å². The number of ether oxygens (including phenoxy) is 1. The first-order chi connectivity index (χ1) is 10.2. The second-order valence-electron chi connectivity index (χ2n) is 5.12. The summed E-state index contributed by atoms with van der Waals surface area (Å²) in [5.74, 6) is -0.0693. The van der Waals surface area contributed by atoms with Gasteiger partial charge in [-0.2, -0.15) is 0 Å². The molecule has 1 N–H and O–H groups in total. The van der Waals surface area contributed by atoms with Gasteiger partial charge in [-0.15, -0.1) is 0 Å². The predicted octanol–water partition coefficient (Wildman–Crippen LogP) is 3.51. The lowest BCUT2D eigenvalue weighted by Gasteiger charge is -2.09. The summed E-state index contributed by atoms with van der Waals surface area (Å²) >= 11 is 0. The van der Waals surface area contributed by atoms with Gasteiger partial charge in [-0.05, 0) is 37.1 Å². The van der Waals surface area contributed by atoms with Crippen LogP contribution in [0.25, 0.3) is 11.1 Å². The maximum Gasteiger partial charge on any atom is 0.251 e. The maximum atomic E-state index is 12.1. The molecule has 0 radical (unpaired) electrons. The topological polar surface area (TPSA) is 38.3 Å². The molecule has 3 nitrogen and oxygen atoms in total. The van der Waals surface area contributed by atoms with E-state index in [1.54, 1.807) is 0 Å². The molecule has 0 fully saturated rings. The monoisotopic (exact) mass is 283 g/mol. The summed E-state index contributed by atoms with van der Waals surface area (Å²) in [5.41, 5.74) is 2.82. The van der Waals surface area contributed by atoms with Crippen molar-refractivity contribution < 1.29 is 9.53 Å². The number of benzene rings is 2. The van der Waals surface area contributed by atoms with Crippen LogP contribution >= 0.6 is 0 Å². The zero-order valence-electron chi connectivity index (χ0n) is 12.5. The fourth-order valence-electron chi connectivity index (χ4n) is 2.03. The highest BCUT2D eigenvalue weighted by atomic mass is 16.5. The predicted molar refractivity (Wildman–Crippen MR) is 85.3 cm³/mol. The normalized spacial score (nSPS) is 10.6. The summed E-state index contributed by atoms with van der Waals surface area (Å²) in [6, 6.07) is 17.7. The van der Waals surface area contributed by atoms with Crippen LogP contribution in [0.5, 0.6) is 0 Å². The van der Waals surface area contributed by atoms with Crippen LogP contribution in [0.2, 0.25) is 0 Å². The Morgan fingerprint density at radius 3 is 2.48 bits per heavy atom. The molecule has 110 valence electrons. The zero-order chi connectivity index (χ0) is 15.1. The molecule has 1 amide bonds. The molecule has 0 aromatic heterocycles. The van der Waals surface area contributed by atoms with E-state index < -0.39 is 0 Å². The van der Waals surface area contributed by atoms with Crippen LogP contribution < -0.4 is 5.32 Å². The first-order valence-electron chi connectivity index (χ1n) is 7.22. The number of nitrogens with one attached hydrogen (secondary N) is 1. The van der Waals surface area contributed by atoms with Gasteiger partial charge < -0.3 is 10.1 Å². The summed E-state index contributed by atoms with van der Waals surface area (Å²) in [4.78, 5) is 12.1. The lowest BCUT2D eigenvalue weighted by atomic mass is 10.0. The molecule has 2 aromatic carbocycles. The summed E-state index contributed by atoms with van der Waals surface area (Å²) < 4.78 is 5.41. The maximum absolute atomic E-state index is 12.1. The van der Waals surface area contributed by atoms with Gasteiger partial charge in [0.2, 0.25) is 0 Å². The van der Waals surface area contributed by atoms with Crippen molar-refractivity contribution in [3.63, 3.8) is 0 Å². The van der Waals surface area contributed by atoms with E-state index in [1.807, 2.05) is 68.4 Å².